The van der Waals surface area contributed by atoms with E-state index in [-0.39, 0.29) is 6.04 Å². The number of hydrogen-bond acceptors (Lipinski definition) is 3. The molecule has 0 N–H and O–H groups in total. The Morgan fingerprint density at radius 1 is 1.43 bits per heavy atom. The zero-order chi connectivity index (χ0) is 10.1. The van der Waals surface area contributed by atoms with Crippen LogP contribution < -0.4 is 0 Å². The highest BCUT2D eigenvalue weighted by Crippen LogP contribution is 2.35. The predicted octanol–water partition coefficient (Wildman–Crippen LogP) is 0.932. The van der Waals surface area contributed by atoms with Crippen molar-refractivity contribution in [1.82, 2.24) is 4.90 Å². The lowest BCUT2D eigenvalue weighted by molar-refractivity contribution is -0.124. The van der Waals surface area contributed by atoms with E-state index in [9.17, 15) is 4.79 Å². The van der Waals surface area contributed by atoms with Crippen LogP contribution in [0.15, 0.2) is 0 Å². The normalized spacial score (nSPS) is 37.4. The van der Waals surface area contributed by atoms with Crippen molar-refractivity contribution in [2.75, 3.05) is 26.3 Å². The van der Waals surface area contributed by atoms with E-state index >= 15 is 0 Å². The Labute approximate surface area is 85.4 Å². The third kappa shape index (κ3) is 1.48. The summed E-state index contributed by atoms with van der Waals surface area (Å²) < 4.78 is 5.45. The smallest absolute Gasteiger partial charge is 0.150 e. The minimum Gasteiger partial charge on any atom is -0.381 e. The van der Waals surface area contributed by atoms with Crippen molar-refractivity contribution in [3.05, 3.63) is 0 Å². The van der Waals surface area contributed by atoms with Crippen molar-refractivity contribution in [3.63, 3.8) is 0 Å². The van der Waals surface area contributed by atoms with Gasteiger partial charge in [-0.25, -0.2) is 0 Å². The van der Waals surface area contributed by atoms with Gasteiger partial charge >= 0.3 is 0 Å². The quantitative estimate of drug-likeness (QED) is 0.674. The number of carbonyl (C=O) groups excluding carboxylic acids is 1. The SMILES string of the molecule is CCC(=O)C1C2COCC2CN1CC. The van der Waals surface area contributed by atoms with Crippen LogP contribution in [0.1, 0.15) is 20.3 Å². The lowest BCUT2D eigenvalue weighted by atomic mass is 9.91. The molecular formula is C11H19NO2. The van der Waals surface area contributed by atoms with Crippen molar-refractivity contribution in [3.8, 4) is 0 Å². The highest BCUT2D eigenvalue weighted by Gasteiger charge is 2.46. The van der Waals surface area contributed by atoms with E-state index in [0.717, 1.165) is 26.3 Å². The van der Waals surface area contributed by atoms with Crippen LogP contribution >= 0.6 is 0 Å². The second kappa shape index (κ2) is 3.99. The lowest BCUT2D eigenvalue weighted by Gasteiger charge is -2.24. The summed E-state index contributed by atoms with van der Waals surface area (Å²) in [6, 6.07) is 0.150. The van der Waals surface area contributed by atoms with Gasteiger partial charge in [-0.15, -0.1) is 0 Å². The molecule has 80 valence electrons. The van der Waals surface area contributed by atoms with E-state index in [1.54, 1.807) is 0 Å². The summed E-state index contributed by atoms with van der Waals surface area (Å²) in [4.78, 5) is 14.2. The summed E-state index contributed by atoms with van der Waals surface area (Å²) in [5.41, 5.74) is 0. The summed E-state index contributed by atoms with van der Waals surface area (Å²) in [7, 11) is 0. The molecule has 0 radical (unpaired) electrons. The van der Waals surface area contributed by atoms with E-state index in [1.807, 2.05) is 6.92 Å². The fourth-order valence-electron chi connectivity index (χ4n) is 2.82. The summed E-state index contributed by atoms with van der Waals surface area (Å²) in [5, 5.41) is 0. The molecule has 3 nitrogen and oxygen atoms in total. The second-order valence-corrected chi connectivity index (χ2v) is 4.31. The molecular weight excluding hydrogens is 178 g/mol. The van der Waals surface area contributed by atoms with Gasteiger partial charge in [0.15, 0.2) is 0 Å². The fraction of sp³-hybridized carbons (Fsp3) is 0.909. The van der Waals surface area contributed by atoms with Gasteiger partial charge in [0.2, 0.25) is 0 Å². The Hall–Kier alpha value is -0.410. The monoisotopic (exact) mass is 197 g/mol. The van der Waals surface area contributed by atoms with Crippen LogP contribution in [0.3, 0.4) is 0 Å². The molecule has 3 heteroatoms. The molecule has 3 atom stereocenters. The van der Waals surface area contributed by atoms with Crippen molar-refractivity contribution in [2.45, 2.75) is 26.3 Å². The molecule has 0 spiro atoms. The molecule has 0 amide bonds. The molecule has 2 aliphatic heterocycles. The molecule has 0 aromatic rings. The standard InChI is InChI=1S/C11H19NO2/c1-3-10(13)11-9-7-14-6-8(9)5-12(11)4-2/h8-9,11H,3-7H2,1-2H3. The van der Waals surface area contributed by atoms with Crippen molar-refractivity contribution < 1.29 is 9.53 Å². The zero-order valence-corrected chi connectivity index (χ0v) is 9.03. The number of ether oxygens (including phenoxy) is 1. The van der Waals surface area contributed by atoms with E-state index in [1.165, 1.54) is 0 Å². The number of ketones is 1. The number of carbonyl (C=O) groups is 1. The summed E-state index contributed by atoms with van der Waals surface area (Å²) in [5.74, 6) is 1.47. The molecule has 2 aliphatic rings. The molecule has 2 heterocycles. The molecule has 0 aliphatic carbocycles. The molecule has 3 unspecified atom stereocenters. The summed E-state index contributed by atoms with van der Waals surface area (Å²) in [6.45, 7) is 7.78. The maximum absolute atomic E-state index is 11.8. The molecule has 0 aromatic carbocycles. The Morgan fingerprint density at radius 2 is 2.21 bits per heavy atom. The van der Waals surface area contributed by atoms with Crippen LogP contribution in [-0.2, 0) is 9.53 Å². The number of fused-ring (bicyclic) bond motifs is 1. The van der Waals surface area contributed by atoms with Gasteiger partial charge in [0.05, 0.1) is 19.3 Å². The second-order valence-electron chi connectivity index (χ2n) is 4.31. The largest absolute Gasteiger partial charge is 0.381 e. The summed E-state index contributed by atoms with van der Waals surface area (Å²) >= 11 is 0. The summed E-state index contributed by atoms with van der Waals surface area (Å²) in [6.07, 6.45) is 0.657. The number of Topliss-reactive ketones (excluding diaryl/α,β-unsaturated/α-hetero) is 1. The van der Waals surface area contributed by atoms with Gasteiger partial charge in [0, 0.05) is 24.8 Å². The van der Waals surface area contributed by atoms with Gasteiger partial charge < -0.3 is 4.74 Å². The molecule has 0 bridgehead atoms. The number of nitrogens with zero attached hydrogens (tertiary/aromatic N) is 1. The van der Waals surface area contributed by atoms with Crippen LogP contribution in [0.5, 0.6) is 0 Å². The Morgan fingerprint density at radius 3 is 2.86 bits per heavy atom. The van der Waals surface area contributed by atoms with E-state index in [2.05, 4.69) is 11.8 Å². The molecule has 14 heavy (non-hydrogen) atoms. The minimum atomic E-state index is 0.150. The Kier molecular flexibility index (Phi) is 2.88. The zero-order valence-electron chi connectivity index (χ0n) is 9.03. The van der Waals surface area contributed by atoms with Gasteiger partial charge in [-0.2, -0.15) is 0 Å². The van der Waals surface area contributed by atoms with Gasteiger partial charge in [-0.1, -0.05) is 13.8 Å². The van der Waals surface area contributed by atoms with Crippen LogP contribution in [-0.4, -0.2) is 43.0 Å². The average molecular weight is 197 g/mol. The number of likely N-dealkylation sites (tertiary alicyclic amines) is 1. The maximum Gasteiger partial charge on any atom is 0.150 e. The average Bonchev–Trinajstić information content (AvgIpc) is 2.74. The Bertz CT molecular complexity index is 229. The molecule has 0 saturated carbocycles. The topological polar surface area (TPSA) is 29.5 Å². The molecule has 2 rings (SSSR count). The minimum absolute atomic E-state index is 0.150. The fourth-order valence-corrected chi connectivity index (χ4v) is 2.82. The van der Waals surface area contributed by atoms with Crippen molar-refractivity contribution in [2.24, 2.45) is 11.8 Å². The third-order valence-electron chi connectivity index (χ3n) is 3.60. The number of likely N-dealkylation sites (N-methyl/N-ethyl adjacent to an activating group) is 1. The highest BCUT2D eigenvalue weighted by atomic mass is 16.5. The van der Waals surface area contributed by atoms with E-state index < -0.39 is 0 Å². The maximum atomic E-state index is 11.8. The van der Waals surface area contributed by atoms with Gasteiger partial charge in [-0.05, 0) is 6.54 Å². The molecule has 0 aromatic heterocycles. The first-order chi connectivity index (χ1) is 6.77. The van der Waals surface area contributed by atoms with Crippen molar-refractivity contribution in [1.29, 1.82) is 0 Å². The molecule has 2 fully saturated rings. The number of hydrogen-bond donors (Lipinski definition) is 0. The predicted molar refractivity (Wildman–Crippen MR) is 54.1 cm³/mol. The first-order valence-electron chi connectivity index (χ1n) is 5.62. The van der Waals surface area contributed by atoms with E-state index in [4.69, 9.17) is 4.74 Å². The van der Waals surface area contributed by atoms with Crippen LogP contribution in [0.25, 0.3) is 0 Å². The van der Waals surface area contributed by atoms with Gasteiger partial charge in [0.25, 0.3) is 0 Å². The van der Waals surface area contributed by atoms with Crippen LogP contribution in [0.2, 0.25) is 0 Å². The van der Waals surface area contributed by atoms with Crippen molar-refractivity contribution >= 4 is 5.78 Å². The van der Waals surface area contributed by atoms with Gasteiger partial charge in [-0.3, -0.25) is 9.69 Å². The van der Waals surface area contributed by atoms with Crippen LogP contribution in [0, 0.1) is 11.8 Å². The highest BCUT2D eigenvalue weighted by molar-refractivity contribution is 5.84. The number of rotatable bonds is 3. The molecule has 2 saturated heterocycles. The van der Waals surface area contributed by atoms with Gasteiger partial charge in [0.1, 0.15) is 5.78 Å². The first kappa shape index (κ1) is 10.1. The third-order valence-corrected chi connectivity index (χ3v) is 3.60. The lowest BCUT2D eigenvalue weighted by Crippen LogP contribution is -2.40. The van der Waals surface area contributed by atoms with E-state index in [0.29, 0.717) is 24.0 Å². The van der Waals surface area contributed by atoms with Crippen LogP contribution in [0.4, 0.5) is 0 Å². The first-order valence-corrected chi connectivity index (χ1v) is 5.62. The Balaban J connectivity index is 2.13.